The first-order valence-corrected chi connectivity index (χ1v) is 8.52. The van der Waals surface area contributed by atoms with E-state index in [2.05, 4.69) is 5.32 Å². The number of amides is 1. The molecular formula is C19H22ClFN2O3. The van der Waals surface area contributed by atoms with Gasteiger partial charge in [0.2, 0.25) is 5.91 Å². The summed E-state index contributed by atoms with van der Waals surface area (Å²) < 4.78 is 24.2. The smallest absolute Gasteiger partial charge is 0.241 e. The van der Waals surface area contributed by atoms with Crippen molar-refractivity contribution in [2.45, 2.75) is 13.0 Å². The molecule has 0 saturated heterocycles. The van der Waals surface area contributed by atoms with Gasteiger partial charge in [-0.3, -0.25) is 9.69 Å². The van der Waals surface area contributed by atoms with Gasteiger partial charge in [0.1, 0.15) is 12.4 Å². The van der Waals surface area contributed by atoms with Crippen molar-refractivity contribution in [3.8, 4) is 11.5 Å². The van der Waals surface area contributed by atoms with Crippen LogP contribution in [0.15, 0.2) is 42.5 Å². The maximum Gasteiger partial charge on any atom is 0.241 e. The van der Waals surface area contributed by atoms with E-state index in [1.807, 2.05) is 4.90 Å². The number of benzene rings is 2. The van der Waals surface area contributed by atoms with E-state index >= 15 is 0 Å². The number of ether oxygens (including phenoxy) is 2. The van der Waals surface area contributed by atoms with Crippen LogP contribution in [0.1, 0.15) is 6.92 Å². The molecule has 2 aromatic rings. The van der Waals surface area contributed by atoms with Crippen molar-refractivity contribution in [1.82, 2.24) is 4.90 Å². The molecule has 1 atom stereocenters. The summed E-state index contributed by atoms with van der Waals surface area (Å²) in [5, 5.41) is 3.31. The minimum atomic E-state index is -0.428. The van der Waals surface area contributed by atoms with Gasteiger partial charge in [0.05, 0.1) is 18.8 Å². The molecule has 0 spiro atoms. The van der Waals surface area contributed by atoms with Gasteiger partial charge >= 0.3 is 0 Å². The van der Waals surface area contributed by atoms with Gasteiger partial charge in [0.25, 0.3) is 0 Å². The summed E-state index contributed by atoms with van der Waals surface area (Å²) in [4.78, 5) is 14.3. The predicted octanol–water partition coefficient (Wildman–Crippen LogP) is 3.83. The maximum absolute atomic E-state index is 13.5. The fraction of sp³-hybridized carbons (Fsp3) is 0.316. The molecule has 0 aliphatic carbocycles. The standard InChI is InChI=1S/C19H22ClFN2O3/c1-13(19(24)22-16-12-14(20)8-9-18(16)25-3)23(2)10-11-26-17-7-5-4-6-15(17)21/h4-9,12-13H,10-11H2,1-3H3,(H,22,24). The van der Waals surface area contributed by atoms with Crippen LogP contribution in [0.5, 0.6) is 11.5 Å². The van der Waals surface area contributed by atoms with Crippen LogP contribution in [0.2, 0.25) is 5.02 Å². The van der Waals surface area contributed by atoms with Crippen LogP contribution in [-0.4, -0.2) is 44.2 Å². The van der Waals surface area contributed by atoms with Gasteiger partial charge in [-0.15, -0.1) is 0 Å². The lowest BCUT2D eigenvalue weighted by molar-refractivity contribution is -0.120. The largest absolute Gasteiger partial charge is 0.495 e. The molecule has 5 nitrogen and oxygen atoms in total. The number of carbonyl (C=O) groups is 1. The molecule has 1 amide bonds. The van der Waals surface area contributed by atoms with Gasteiger partial charge in [-0.1, -0.05) is 23.7 Å². The first-order chi connectivity index (χ1) is 12.4. The molecule has 0 aliphatic heterocycles. The van der Waals surface area contributed by atoms with Crippen molar-refractivity contribution >= 4 is 23.2 Å². The summed E-state index contributed by atoms with van der Waals surface area (Å²) in [7, 11) is 3.32. The van der Waals surface area contributed by atoms with Crippen LogP contribution in [-0.2, 0) is 4.79 Å². The third-order valence-corrected chi connectivity index (χ3v) is 4.23. The number of likely N-dealkylation sites (N-methyl/N-ethyl adjacent to an activating group) is 1. The number of carbonyl (C=O) groups excluding carboxylic acids is 1. The lowest BCUT2D eigenvalue weighted by Crippen LogP contribution is -2.41. The second-order valence-corrected chi connectivity index (χ2v) is 6.21. The molecule has 0 radical (unpaired) electrons. The Balaban J connectivity index is 1.89. The molecule has 140 valence electrons. The van der Waals surface area contributed by atoms with Crippen LogP contribution < -0.4 is 14.8 Å². The molecule has 2 rings (SSSR count). The van der Waals surface area contributed by atoms with Gasteiger partial charge in [-0.05, 0) is 44.3 Å². The third kappa shape index (κ3) is 5.34. The van der Waals surface area contributed by atoms with Crippen molar-refractivity contribution in [3.63, 3.8) is 0 Å². The number of nitrogens with one attached hydrogen (secondary N) is 1. The van der Waals surface area contributed by atoms with Crippen LogP contribution in [0, 0.1) is 5.82 Å². The average molecular weight is 381 g/mol. The van der Waals surface area contributed by atoms with E-state index in [1.54, 1.807) is 50.4 Å². The highest BCUT2D eigenvalue weighted by Crippen LogP contribution is 2.27. The van der Waals surface area contributed by atoms with Crippen LogP contribution in [0.4, 0.5) is 10.1 Å². The van der Waals surface area contributed by atoms with E-state index in [4.69, 9.17) is 21.1 Å². The summed E-state index contributed by atoms with van der Waals surface area (Å²) in [5.41, 5.74) is 0.507. The van der Waals surface area contributed by atoms with Crippen LogP contribution in [0.25, 0.3) is 0 Å². The Morgan fingerprint density at radius 1 is 1.27 bits per heavy atom. The first kappa shape index (κ1) is 20.0. The maximum atomic E-state index is 13.5. The molecule has 1 unspecified atom stereocenters. The summed E-state index contributed by atoms with van der Waals surface area (Å²) in [5.74, 6) is 0.107. The number of rotatable bonds is 8. The lowest BCUT2D eigenvalue weighted by atomic mass is 10.2. The Morgan fingerprint density at radius 3 is 2.69 bits per heavy atom. The zero-order chi connectivity index (χ0) is 19.1. The van der Waals surface area contributed by atoms with Gasteiger partial charge in [-0.25, -0.2) is 4.39 Å². The van der Waals surface area contributed by atoms with Gasteiger partial charge in [0.15, 0.2) is 11.6 Å². The van der Waals surface area contributed by atoms with Crippen LogP contribution in [0.3, 0.4) is 0 Å². The number of methoxy groups -OCH3 is 1. The fourth-order valence-corrected chi connectivity index (χ4v) is 2.44. The summed E-state index contributed by atoms with van der Waals surface area (Å²) in [6.07, 6.45) is 0. The second-order valence-electron chi connectivity index (χ2n) is 5.77. The van der Waals surface area contributed by atoms with Crippen LogP contribution >= 0.6 is 11.6 Å². The normalized spacial score (nSPS) is 11.9. The minimum absolute atomic E-state index is 0.196. The summed E-state index contributed by atoms with van der Waals surface area (Å²) >= 11 is 5.97. The Hall–Kier alpha value is -2.31. The van der Waals surface area contributed by atoms with E-state index in [1.165, 1.54) is 13.2 Å². The zero-order valence-corrected chi connectivity index (χ0v) is 15.7. The SMILES string of the molecule is COc1ccc(Cl)cc1NC(=O)C(C)N(C)CCOc1ccccc1F. The minimum Gasteiger partial charge on any atom is -0.495 e. The van der Waals surface area contributed by atoms with Crippen molar-refractivity contribution in [2.24, 2.45) is 0 Å². The fourth-order valence-electron chi connectivity index (χ4n) is 2.27. The number of anilines is 1. The molecule has 0 saturated carbocycles. The molecule has 2 aromatic carbocycles. The molecule has 0 heterocycles. The molecule has 0 aliphatic rings. The highest BCUT2D eigenvalue weighted by Gasteiger charge is 2.19. The molecular weight excluding hydrogens is 359 g/mol. The number of para-hydroxylation sites is 1. The predicted molar refractivity (Wildman–Crippen MR) is 101 cm³/mol. The molecule has 1 N–H and O–H groups in total. The van der Waals surface area contributed by atoms with Crippen molar-refractivity contribution < 1.29 is 18.7 Å². The van der Waals surface area contributed by atoms with Crippen molar-refractivity contribution in [1.29, 1.82) is 0 Å². The number of halogens is 2. The quantitative estimate of drug-likeness (QED) is 0.756. The topological polar surface area (TPSA) is 50.8 Å². The first-order valence-electron chi connectivity index (χ1n) is 8.14. The van der Waals surface area contributed by atoms with E-state index in [-0.39, 0.29) is 18.3 Å². The van der Waals surface area contributed by atoms with Gasteiger partial charge in [-0.2, -0.15) is 0 Å². The number of hydrogen-bond donors (Lipinski definition) is 1. The van der Waals surface area contributed by atoms with Gasteiger partial charge < -0.3 is 14.8 Å². The Morgan fingerprint density at radius 2 is 2.00 bits per heavy atom. The van der Waals surface area contributed by atoms with E-state index in [0.29, 0.717) is 23.0 Å². The molecule has 0 bridgehead atoms. The van der Waals surface area contributed by atoms with Crippen molar-refractivity contribution in [3.05, 3.63) is 53.3 Å². The van der Waals surface area contributed by atoms with E-state index in [9.17, 15) is 9.18 Å². The molecule has 0 fully saturated rings. The Bertz CT molecular complexity index is 757. The Kier molecular flexibility index (Phi) is 7.24. The average Bonchev–Trinajstić information content (AvgIpc) is 2.62. The highest BCUT2D eigenvalue weighted by atomic mass is 35.5. The van der Waals surface area contributed by atoms with E-state index in [0.717, 1.165) is 0 Å². The highest BCUT2D eigenvalue weighted by molar-refractivity contribution is 6.31. The summed E-state index contributed by atoms with van der Waals surface area (Å²) in [6.45, 7) is 2.49. The monoisotopic (exact) mass is 380 g/mol. The lowest BCUT2D eigenvalue weighted by Gasteiger charge is -2.24. The van der Waals surface area contributed by atoms with Gasteiger partial charge in [0, 0.05) is 11.6 Å². The molecule has 26 heavy (non-hydrogen) atoms. The number of hydrogen-bond acceptors (Lipinski definition) is 4. The molecule has 7 heteroatoms. The van der Waals surface area contributed by atoms with E-state index < -0.39 is 11.9 Å². The zero-order valence-electron chi connectivity index (χ0n) is 15.0. The van der Waals surface area contributed by atoms with Crippen molar-refractivity contribution in [2.75, 3.05) is 32.6 Å². The molecule has 0 aromatic heterocycles. The Labute approximate surface area is 157 Å². The number of nitrogens with zero attached hydrogens (tertiary/aromatic N) is 1. The summed E-state index contributed by atoms with van der Waals surface area (Å²) in [6, 6.07) is 10.8. The second kappa shape index (κ2) is 9.40. The third-order valence-electron chi connectivity index (χ3n) is 4.00.